The van der Waals surface area contributed by atoms with Crippen molar-refractivity contribution in [2.45, 2.75) is 13.5 Å². The molecule has 0 aliphatic heterocycles. The maximum Gasteiger partial charge on any atom is 0.120 e. The average molecular weight is 230 g/mol. The second-order valence-corrected chi connectivity index (χ2v) is 3.90. The topological polar surface area (TPSA) is 49.7 Å². The highest BCUT2D eigenvalue weighted by Gasteiger charge is 1.99. The van der Waals surface area contributed by atoms with Crippen LogP contribution < -0.4 is 4.74 Å². The molecule has 0 spiro atoms. The Hall–Kier alpha value is -2.16. The quantitative estimate of drug-likeness (QED) is 0.852. The van der Waals surface area contributed by atoms with Crippen LogP contribution in [0.15, 0.2) is 42.5 Å². The van der Waals surface area contributed by atoms with E-state index in [4.69, 9.17) is 9.84 Å². The molecule has 17 heavy (non-hydrogen) atoms. The summed E-state index contributed by atoms with van der Waals surface area (Å²) in [4.78, 5) is 0. The van der Waals surface area contributed by atoms with E-state index in [1.54, 1.807) is 30.3 Å². The number of aromatic hydroxyl groups is 2. The molecule has 2 rings (SSSR count). The molecule has 3 nitrogen and oxygen atoms in total. The number of aryl methyl sites for hydroxylation is 1. The van der Waals surface area contributed by atoms with Crippen LogP contribution in [0.25, 0.3) is 0 Å². The molecule has 0 radical (unpaired) electrons. The van der Waals surface area contributed by atoms with Crippen LogP contribution in [0.5, 0.6) is 17.2 Å². The fourth-order valence-corrected chi connectivity index (χ4v) is 1.52. The molecule has 2 aromatic carbocycles. The molecule has 2 aromatic rings. The lowest BCUT2D eigenvalue weighted by Crippen LogP contribution is -1.95. The monoisotopic (exact) mass is 230 g/mol. The Bertz CT molecular complexity index is 503. The van der Waals surface area contributed by atoms with Crippen molar-refractivity contribution in [3.63, 3.8) is 0 Å². The molecule has 0 aliphatic carbocycles. The number of hydrogen-bond donors (Lipinski definition) is 2. The van der Waals surface area contributed by atoms with Crippen LogP contribution in [-0.2, 0) is 6.61 Å². The van der Waals surface area contributed by atoms with Gasteiger partial charge in [-0.2, -0.15) is 0 Å². The molecule has 0 heterocycles. The summed E-state index contributed by atoms with van der Waals surface area (Å²) in [6.07, 6.45) is 0. The third kappa shape index (κ3) is 2.91. The molecule has 0 saturated carbocycles. The van der Waals surface area contributed by atoms with E-state index >= 15 is 0 Å². The van der Waals surface area contributed by atoms with E-state index in [2.05, 4.69) is 0 Å². The molecule has 0 aromatic heterocycles. The zero-order valence-corrected chi connectivity index (χ0v) is 9.55. The summed E-state index contributed by atoms with van der Waals surface area (Å²) in [5.74, 6) is 1.21. The van der Waals surface area contributed by atoms with Gasteiger partial charge in [0.1, 0.15) is 23.9 Å². The number of hydrogen-bond acceptors (Lipinski definition) is 3. The molecule has 0 amide bonds. The molecule has 0 saturated heterocycles. The molecular weight excluding hydrogens is 216 g/mol. The fraction of sp³-hybridized carbons (Fsp3) is 0.143. The molecular formula is C14H14O3. The Balaban J connectivity index is 2.02. The Morgan fingerprint density at radius 1 is 1.00 bits per heavy atom. The van der Waals surface area contributed by atoms with Gasteiger partial charge in [0, 0.05) is 0 Å². The summed E-state index contributed by atoms with van der Waals surface area (Å²) in [7, 11) is 0. The van der Waals surface area contributed by atoms with Gasteiger partial charge < -0.3 is 14.9 Å². The Morgan fingerprint density at radius 3 is 2.35 bits per heavy atom. The maximum atomic E-state index is 9.39. The Kier molecular flexibility index (Phi) is 3.19. The summed E-state index contributed by atoms with van der Waals surface area (Å²) < 4.78 is 5.55. The molecule has 0 fully saturated rings. The van der Waals surface area contributed by atoms with Crippen LogP contribution in [0.2, 0.25) is 0 Å². The third-order valence-electron chi connectivity index (χ3n) is 2.50. The lowest BCUT2D eigenvalue weighted by Gasteiger charge is -2.07. The summed E-state index contributed by atoms with van der Waals surface area (Å²) in [5.41, 5.74) is 1.82. The Labute approximate surface area is 99.9 Å². The van der Waals surface area contributed by atoms with Gasteiger partial charge in [-0.3, -0.25) is 0 Å². The van der Waals surface area contributed by atoms with Crippen LogP contribution in [0.1, 0.15) is 11.1 Å². The first kappa shape index (κ1) is 11.3. The molecule has 0 bridgehead atoms. The summed E-state index contributed by atoms with van der Waals surface area (Å²) in [6, 6.07) is 11.9. The number of rotatable bonds is 3. The van der Waals surface area contributed by atoms with E-state index < -0.39 is 0 Å². The highest BCUT2D eigenvalue weighted by atomic mass is 16.5. The molecule has 88 valence electrons. The van der Waals surface area contributed by atoms with Crippen molar-refractivity contribution in [1.82, 2.24) is 0 Å². The van der Waals surface area contributed by atoms with Crippen molar-refractivity contribution in [2.75, 3.05) is 0 Å². The molecule has 0 aliphatic rings. The molecule has 0 unspecified atom stereocenters. The predicted octanol–water partition coefficient (Wildman–Crippen LogP) is 2.99. The minimum absolute atomic E-state index is 0.220. The average Bonchev–Trinajstić information content (AvgIpc) is 2.33. The van der Waals surface area contributed by atoms with E-state index in [0.29, 0.717) is 18.1 Å². The van der Waals surface area contributed by atoms with Crippen LogP contribution in [-0.4, -0.2) is 10.2 Å². The second kappa shape index (κ2) is 4.78. The number of ether oxygens (including phenoxy) is 1. The van der Waals surface area contributed by atoms with E-state index in [1.165, 1.54) is 0 Å². The van der Waals surface area contributed by atoms with Crippen LogP contribution >= 0.6 is 0 Å². The van der Waals surface area contributed by atoms with Gasteiger partial charge in [-0.15, -0.1) is 0 Å². The number of benzene rings is 2. The first-order valence-electron chi connectivity index (χ1n) is 5.35. The third-order valence-corrected chi connectivity index (χ3v) is 2.50. The largest absolute Gasteiger partial charge is 0.508 e. The highest BCUT2D eigenvalue weighted by Crippen LogP contribution is 2.20. The van der Waals surface area contributed by atoms with Crippen molar-refractivity contribution in [1.29, 1.82) is 0 Å². The predicted molar refractivity (Wildman–Crippen MR) is 65.3 cm³/mol. The lowest BCUT2D eigenvalue weighted by atomic mass is 10.1. The number of phenols is 2. The zero-order valence-electron chi connectivity index (χ0n) is 9.55. The number of phenolic OH excluding ortho intramolecular Hbond substituents is 2. The SMILES string of the molecule is Cc1cc(COc2ccc(O)cc2)ccc1O. The van der Waals surface area contributed by atoms with Crippen molar-refractivity contribution >= 4 is 0 Å². The van der Waals surface area contributed by atoms with Gasteiger partial charge in [0.25, 0.3) is 0 Å². The highest BCUT2D eigenvalue weighted by molar-refractivity contribution is 5.35. The minimum atomic E-state index is 0.220. The fourth-order valence-electron chi connectivity index (χ4n) is 1.52. The first-order valence-corrected chi connectivity index (χ1v) is 5.35. The molecule has 3 heteroatoms. The van der Waals surface area contributed by atoms with Crippen molar-refractivity contribution in [3.8, 4) is 17.2 Å². The van der Waals surface area contributed by atoms with Crippen LogP contribution in [0.4, 0.5) is 0 Å². The molecule has 2 N–H and O–H groups in total. The van der Waals surface area contributed by atoms with Crippen molar-refractivity contribution in [3.05, 3.63) is 53.6 Å². The Morgan fingerprint density at radius 2 is 1.71 bits per heavy atom. The van der Waals surface area contributed by atoms with Gasteiger partial charge in [0.2, 0.25) is 0 Å². The summed E-state index contributed by atoms with van der Waals surface area (Å²) in [6.45, 7) is 2.28. The standard InChI is InChI=1S/C14H14O3/c1-10-8-11(2-7-14(10)16)9-17-13-5-3-12(15)4-6-13/h2-8,15-16H,9H2,1H3. The van der Waals surface area contributed by atoms with Crippen molar-refractivity contribution in [2.24, 2.45) is 0 Å². The van der Waals surface area contributed by atoms with E-state index in [-0.39, 0.29) is 5.75 Å². The molecule has 0 atom stereocenters. The first-order chi connectivity index (χ1) is 8.15. The summed E-state index contributed by atoms with van der Waals surface area (Å²) in [5, 5.41) is 18.5. The van der Waals surface area contributed by atoms with Crippen LogP contribution in [0.3, 0.4) is 0 Å². The minimum Gasteiger partial charge on any atom is -0.508 e. The van der Waals surface area contributed by atoms with Gasteiger partial charge in [-0.05, 0) is 54.4 Å². The van der Waals surface area contributed by atoms with Crippen LogP contribution in [0, 0.1) is 6.92 Å². The van der Waals surface area contributed by atoms with E-state index in [9.17, 15) is 5.11 Å². The van der Waals surface area contributed by atoms with Gasteiger partial charge in [-0.1, -0.05) is 6.07 Å². The second-order valence-electron chi connectivity index (χ2n) is 3.90. The smallest absolute Gasteiger partial charge is 0.120 e. The van der Waals surface area contributed by atoms with E-state index in [0.717, 1.165) is 11.1 Å². The van der Waals surface area contributed by atoms with Gasteiger partial charge in [0.05, 0.1) is 0 Å². The van der Waals surface area contributed by atoms with Gasteiger partial charge in [0.15, 0.2) is 0 Å². The zero-order chi connectivity index (χ0) is 12.3. The van der Waals surface area contributed by atoms with Gasteiger partial charge >= 0.3 is 0 Å². The maximum absolute atomic E-state index is 9.39. The van der Waals surface area contributed by atoms with Gasteiger partial charge in [-0.25, -0.2) is 0 Å². The van der Waals surface area contributed by atoms with E-state index in [1.807, 2.05) is 19.1 Å². The lowest BCUT2D eigenvalue weighted by molar-refractivity contribution is 0.305. The summed E-state index contributed by atoms with van der Waals surface area (Å²) >= 11 is 0. The normalized spacial score (nSPS) is 10.2. The van der Waals surface area contributed by atoms with Crippen molar-refractivity contribution < 1.29 is 14.9 Å².